The zero-order valence-corrected chi connectivity index (χ0v) is 14.3. The summed E-state index contributed by atoms with van der Waals surface area (Å²) in [5.41, 5.74) is 0.387. The summed E-state index contributed by atoms with van der Waals surface area (Å²) in [6, 6.07) is 3.55. The smallest absolute Gasteiger partial charge is 0.225 e. The molecule has 0 spiro atoms. The Balaban J connectivity index is 1.63. The Hall–Kier alpha value is -1.43. The summed E-state index contributed by atoms with van der Waals surface area (Å²) >= 11 is 1.57. The van der Waals surface area contributed by atoms with Gasteiger partial charge in [-0.1, -0.05) is 0 Å². The Morgan fingerprint density at radius 1 is 1.12 bits per heavy atom. The number of halogens is 2. The summed E-state index contributed by atoms with van der Waals surface area (Å²) in [6.07, 6.45) is 2.89. The largest absolute Gasteiger partial charge is 0.342 e. The average Bonchev–Trinajstić information content (AvgIpc) is 2.83. The molecule has 0 N–H and O–H groups in total. The van der Waals surface area contributed by atoms with E-state index in [1.807, 2.05) is 4.90 Å². The zero-order chi connectivity index (χ0) is 17.1. The van der Waals surface area contributed by atoms with Crippen molar-refractivity contribution in [2.24, 2.45) is 5.92 Å². The van der Waals surface area contributed by atoms with Gasteiger partial charge in [-0.25, -0.2) is 8.78 Å². The highest BCUT2D eigenvalue weighted by Crippen LogP contribution is 2.36. The van der Waals surface area contributed by atoms with Gasteiger partial charge in [-0.15, -0.1) is 0 Å². The van der Waals surface area contributed by atoms with Crippen molar-refractivity contribution < 1.29 is 18.4 Å². The van der Waals surface area contributed by atoms with Gasteiger partial charge >= 0.3 is 0 Å². The van der Waals surface area contributed by atoms with Crippen LogP contribution in [0, 0.1) is 17.6 Å². The standard InChI is InChI=1S/C18H21F2NO2S/c19-13-3-6-16(20)15(11-13)17-7-8-21(9-10-24-17)18(23)12-1-4-14(22)5-2-12/h3,6,11-12,17H,1-2,4-5,7-10H2. The summed E-state index contributed by atoms with van der Waals surface area (Å²) in [4.78, 5) is 25.8. The number of nitrogens with zero attached hydrogens (tertiary/aromatic N) is 1. The molecule has 1 unspecified atom stereocenters. The second-order valence-electron chi connectivity index (χ2n) is 6.45. The van der Waals surface area contributed by atoms with Crippen molar-refractivity contribution >= 4 is 23.5 Å². The molecule has 1 atom stereocenters. The number of amides is 1. The van der Waals surface area contributed by atoms with Gasteiger partial charge in [0.1, 0.15) is 17.4 Å². The molecule has 2 fully saturated rings. The van der Waals surface area contributed by atoms with E-state index < -0.39 is 5.82 Å². The maximum atomic E-state index is 14.0. The molecule has 0 aromatic heterocycles. The number of thioether (sulfide) groups is 1. The summed E-state index contributed by atoms with van der Waals surface area (Å²) in [5, 5.41) is -0.133. The fraction of sp³-hybridized carbons (Fsp3) is 0.556. The monoisotopic (exact) mass is 353 g/mol. The van der Waals surface area contributed by atoms with Crippen LogP contribution in [0.15, 0.2) is 18.2 Å². The van der Waals surface area contributed by atoms with Gasteiger partial charge in [0.25, 0.3) is 0 Å². The van der Waals surface area contributed by atoms with E-state index >= 15 is 0 Å². The van der Waals surface area contributed by atoms with Crippen molar-refractivity contribution in [1.29, 1.82) is 0 Å². The molecule has 24 heavy (non-hydrogen) atoms. The van der Waals surface area contributed by atoms with Crippen LogP contribution in [0.3, 0.4) is 0 Å². The molecule has 1 aromatic rings. The Morgan fingerprint density at radius 3 is 2.62 bits per heavy atom. The van der Waals surface area contributed by atoms with Gasteiger partial charge in [0.15, 0.2) is 0 Å². The van der Waals surface area contributed by atoms with E-state index in [1.165, 1.54) is 6.07 Å². The number of Topliss-reactive ketones (excluding diaryl/α,β-unsaturated/α-hetero) is 1. The van der Waals surface area contributed by atoms with Gasteiger partial charge in [0.05, 0.1) is 0 Å². The number of rotatable bonds is 2. The average molecular weight is 353 g/mol. The predicted molar refractivity (Wildman–Crippen MR) is 89.7 cm³/mol. The molecule has 1 aliphatic heterocycles. The summed E-state index contributed by atoms with van der Waals surface area (Å²) in [6.45, 7) is 1.18. The van der Waals surface area contributed by atoms with Crippen molar-refractivity contribution in [3.8, 4) is 0 Å². The summed E-state index contributed by atoms with van der Waals surface area (Å²) < 4.78 is 27.4. The van der Waals surface area contributed by atoms with Crippen LogP contribution in [0.2, 0.25) is 0 Å². The van der Waals surface area contributed by atoms with E-state index in [0.717, 1.165) is 12.1 Å². The molecule has 2 aliphatic rings. The Kier molecular flexibility index (Phi) is 5.54. The van der Waals surface area contributed by atoms with Crippen LogP contribution in [0.1, 0.15) is 42.9 Å². The van der Waals surface area contributed by atoms with Gasteiger partial charge in [-0.05, 0) is 37.5 Å². The molecule has 1 heterocycles. The first-order valence-electron chi connectivity index (χ1n) is 8.41. The van der Waals surface area contributed by atoms with Crippen LogP contribution >= 0.6 is 11.8 Å². The molecular weight excluding hydrogens is 332 g/mol. The molecule has 0 radical (unpaired) electrons. The molecule has 3 rings (SSSR count). The highest BCUT2D eigenvalue weighted by Gasteiger charge is 2.30. The maximum absolute atomic E-state index is 14.0. The van der Waals surface area contributed by atoms with Gasteiger partial charge in [-0.2, -0.15) is 11.8 Å². The quantitative estimate of drug-likeness (QED) is 0.813. The van der Waals surface area contributed by atoms with E-state index in [0.29, 0.717) is 56.5 Å². The van der Waals surface area contributed by atoms with Crippen LogP contribution in [0.25, 0.3) is 0 Å². The molecule has 1 aliphatic carbocycles. The number of carbonyl (C=O) groups excluding carboxylic acids is 2. The third-order valence-corrected chi connectivity index (χ3v) is 6.16. The highest BCUT2D eigenvalue weighted by molar-refractivity contribution is 7.99. The number of hydrogen-bond acceptors (Lipinski definition) is 3. The third-order valence-electron chi connectivity index (χ3n) is 4.85. The second kappa shape index (κ2) is 7.64. The molecule has 130 valence electrons. The van der Waals surface area contributed by atoms with Crippen molar-refractivity contribution in [2.45, 2.75) is 37.4 Å². The number of benzene rings is 1. The molecule has 1 saturated carbocycles. The van der Waals surface area contributed by atoms with Gasteiger partial charge in [0.2, 0.25) is 5.91 Å². The van der Waals surface area contributed by atoms with Crippen molar-refractivity contribution in [3.63, 3.8) is 0 Å². The fourth-order valence-corrected chi connectivity index (χ4v) is 4.69. The summed E-state index contributed by atoms with van der Waals surface area (Å²) in [5.74, 6) is 0.180. The topological polar surface area (TPSA) is 37.4 Å². The van der Waals surface area contributed by atoms with Crippen LogP contribution in [-0.4, -0.2) is 35.4 Å². The Bertz CT molecular complexity index is 627. The van der Waals surface area contributed by atoms with Crippen LogP contribution < -0.4 is 0 Å². The van der Waals surface area contributed by atoms with E-state index in [-0.39, 0.29) is 28.7 Å². The van der Waals surface area contributed by atoms with Gasteiger partial charge in [0, 0.05) is 48.4 Å². The van der Waals surface area contributed by atoms with E-state index in [1.54, 1.807) is 11.8 Å². The minimum atomic E-state index is -0.434. The lowest BCUT2D eigenvalue weighted by molar-refractivity contribution is -0.137. The number of hydrogen-bond donors (Lipinski definition) is 0. The first-order valence-corrected chi connectivity index (χ1v) is 9.46. The lowest BCUT2D eigenvalue weighted by Gasteiger charge is -2.28. The van der Waals surface area contributed by atoms with Crippen LogP contribution in [-0.2, 0) is 9.59 Å². The molecule has 1 amide bonds. The fourth-order valence-electron chi connectivity index (χ4n) is 3.45. The third kappa shape index (κ3) is 3.97. The maximum Gasteiger partial charge on any atom is 0.225 e. The Morgan fingerprint density at radius 2 is 1.88 bits per heavy atom. The molecule has 1 aromatic carbocycles. The molecular formula is C18H21F2NO2S. The molecule has 1 saturated heterocycles. The minimum absolute atomic E-state index is 0.0600. The van der Waals surface area contributed by atoms with Crippen LogP contribution in [0.5, 0.6) is 0 Å². The molecule has 3 nitrogen and oxygen atoms in total. The highest BCUT2D eigenvalue weighted by atomic mass is 32.2. The minimum Gasteiger partial charge on any atom is -0.342 e. The van der Waals surface area contributed by atoms with Crippen molar-refractivity contribution in [3.05, 3.63) is 35.4 Å². The van der Waals surface area contributed by atoms with Crippen molar-refractivity contribution in [2.75, 3.05) is 18.8 Å². The summed E-state index contributed by atoms with van der Waals surface area (Å²) in [7, 11) is 0. The van der Waals surface area contributed by atoms with Crippen molar-refractivity contribution in [1.82, 2.24) is 4.90 Å². The first kappa shape index (κ1) is 17.4. The Labute approximate surface area is 144 Å². The SMILES string of the molecule is O=C1CCC(C(=O)N2CCSC(c3cc(F)ccc3F)CC2)CC1. The predicted octanol–water partition coefficient (Wildman–Crippen LogP) is 3.73. The lowest BCUT2D eigenvalue weighted by atomic mass is 9.87. The first-order chi connectivity index (χ1) is 11.5. The molecule has 6 heteroatoms. The van der Waals surface area contributed by atoms with Gasteiger partial charge < -0.3 is 4.90 Å². The normalized spacial score (nSPS) is 23.2. The molecule has 0 bridgehead atoms. The zero-order valence-electron chi connectivity index (χ0n) is 13.5. The lowest BCUT2D eigenvalue weighted by Crippen LogP contribution is -2.39. The number of ketones is 1. The van der Waals surface area contributed by atoms with E-state index in [4.69, 9.17) is 0 Å². The number of carbonyl (C=O) groups is 2. The van der Waals surface area contributed by atoms with Gasteiger partial charge in [-0.3, -0.25) is 9.59 Å². The van der Waals surface area contributed by atoms with E-state index in [9.17, 15) is 18.4 Å². The van der Waals surface area contributed by atoms with E-state index in [2.05, 4.69) is 0 Å². The van der Waals surface area contributed by atoms with Crippen LogP contribution in [0.4, 0.5) is 8.78 Å². The second-order valence-corrected chi connectivity index (χ2v) is 7.76.